The van der Waals surface area contributed by atoms with Crippen LogP contribution in [0.25, 0.3) is 6.08 Å². The van der Waals surface area contributed by atoms with E-state index in [0.717, 1.165) is 10.2 Å². The van der Waals surface area contributed by atoms with E-state index in [1.165, 1.54) is 23.1 Å². The summed E-state index contributed by atoms with van der Waals surface area (Å²) in [7, 11) is 3.27. The minimum Gasteiger partial charge on any atom is -0.497 e. The summed E-state index contributed by atoms with van der Waals surface area (Å²) in [5, 5.41) is 0. The minimum atomic E-state index is -0.377. The van der Waals surface area contributed by atoms with Crippen molar-refractivity contribution in [2.45, 2.75) is 0 Å². The van der Waals surface area contributed by atoms with Crippen LogP contribution in [0.3, 0.4) is 0 Å². The molecule has 0 saturated heterocycles. The van der Waals surface area contributed by atoms with Crippen molar-refractivity contribution in [2.24, 2.45) is 0 Å². The van der Waals surface area contributed by atoms with Gasteiger partial charge in [0.2, 0.25) is 5.91 Å². The Kier molecular flexibility index (Phi) is 7.01. The van der Waals surface area contributed by atoms with Gasteiger partial charge in [-0.25, -0.2) is 4.39 Å². The Morgan fingerprint density at radius 3 is 2.56 bits per heavy atom. The van der Waals surface area contributed by atoms with E-state index < -0.39 is 0 Å². The molecule has 0 atom stereocenters. The molecule has 0 aliphatic rings. The van der Waals surface area contributed by atoms with E-state index in [-0.39, 0.29) is 11.7 Å². The number of methoxy groups -OCH3 is 1. The molecular formula is C19H19BrFNO3. The molecule has 0 heterocycles. The summed E-state index contributed by atoms with van der Waals surface area (Å²) >= 11 is 3.28. The van der Waals surface area contributed by atoms with E-state index in [1.54, 1.807) is 50.6 Å². The van der Waals surface area contributed by atoms with Gasteiger partial charge >= 0.3 is 0 Å². The molecule has 0 aliphatic carbocycles. The third-order valence-electron chi connectivity index (χ3n) is 3.49. The summed E-state index contributed by atoms with van der Waals surface area (Å²) in [5.41, 5.74) is 0.352. The smallest absolute Gasteiger partial charge is 0.246 e. The number of likely N-dealkylation sites (N-methyl/N-ethyl adjacent to an activating group) is 1. The molecule has 6 heteroatoms. The van der Waals surface area contributed by atoms with Gasteiger partial charge in [0.25, 0.3) is 0 Å². The Bertz CT molecular complexity index is 747. The van der Waals surface area contributed by atoms with Gasteiger partial charge in [0.15, 0.2) is 0 Å². The van der Waals surface area contributed by atoms with Crippen LogP contribution in [0.15, 0.2) is 53.0 Å². The van der Waals surface area contributed by atoms with Crippen LogP contribution in [-0.4, -0.2) is 38.1 Å². The molecule has 0 spiro atoms. The maximum atomic E-state index is 13.6. The maximum absolute atomic E-state index is 13.6. The van der Waals surface area contributed by atoms with Gasteiger partial charge in [0.1, 0.15) is 23.9 Å². The number of halogens is 2. The average Bonchev–Trinajstić information content (AvgIpc) is 2.62. The molecular weight excluding hydrogens is 389 g/mol. The Hall–Kier alpha value is -2.34. The fraction of sp³-hybridized carbons (Fsp3) is 0.211. The molecule has 4 nitrogen and oxygen atoms in total. The number of ether oxygens (including phenoxy) is 2. The van der Waals surface area contributed by atoms with Gasteiger partial charge in [0, 0.05) is 23.2 Å². The summed E-state index contributed by atoms with van der Waals surface area (Å²) in [6.07, 6.45) is 2.81. The molecule has 0 saturated carbocycles. The van der Waals surface area contributed by atoms with Crippen LogP contribution in [-0.2, 0) is 4.79 Å². The molecule has 25 heavy (non-hydrogen) atoms. The Balaban J connectivity index is 1.83. The second-order valence-corrected chi connectivity index (χ2v) is 6.20. The summed E-state index contributed by atoms with van der Waals surface area (Å²) in [6, 6.07) is 11.8. The largest absolute Gasteiger partial charge is 0.497 e. The first kappa shape index (κ1) is 19.0. The molecule has 0 N–H and O–H groups in total. The molecule has 2 aromatic carbocycles. The van der Waals surface area contributed by atoms with Crippen LogP contribution in [0.5, 0.6) is 11.5 Å². The summed E-state index contributed by atoms with van der Waals surface area (Å²) in [5.74, 6) is 0.855. The Morgan fingerprint density at radius 2 is 1.88 bits per heavy atom. The van der Waals surface area contributed by atoms with Crippen molar-refractivity contribution < 1.29 is 18.7 Å². The number of rotatable bonds is 7. The molecule has 2 aromatic rings. The predicted octanol–water partition coefficient (Wildman–Crippen LogP) is 4.15. The van der Waals surface area contributed by atoms with Crippen LogP contribution in [0.4, 0.5) is 4.39 Å². The second kappa shape index (κ2) is 9.22. The lowest BCUT2D eigenvalue weighted by atomic mass is 10.2. The van der Waals surface area contributed by atoms with Gasteiger partial charge in [-0.2, -0.15) is 0 Å². The summed E-state index contributed by atoms with van der Waals surface area (Å²) in [6.45, 7) is 0.768. The van der Waals surface area contributed by atoms with Crippen LogP contribution in [0.1, 0.15) is 5.56 Å². The fourth-order valence-corrected chi connectivity index (χ4v) is 2.39. The highest BCUT2D eigenvalue weighted by Gasteiger charge is 2.06. The predicted molar refractivity (Wildman–Crippen MR) is 99.3 cm³/mol. The molecule has 2 rings (SSSR count). The summed E-state index contributed by atoms with van der Waals surface area (Å²) < 4.78 is 25.1. The van der Waals surface area contributed by atoms with Crippen LogP contribution < -0.4 is 9.47 Å². The molecule has 0 unspecified atom stereocenters. The molecule has 0 bridgehead atoms. The van der Waals surface area contributed by atoms with Crippen LogP contribution in [0.2, 0.25) is 0 Å². The highest BCUT2D eigenvalue weighted by molar-refractivity contribution is 9.10. The lowest BCUT2D eigenvalue weighted by molar-refractivity contribution is -0.125. The van der Waals surface area contributed by atoms with Crippen molar-refractivity contribution in [1.29, 1.82) is 0 Å². The Labute approximate surface area is 155 Å². The lowest BCUT2D eigenvalue weighted by Crippen LogP contribution is -2.29. The number of benzene rings is 2. The maximum Gasteiger partial charge on any atom is 0.246 e. The topological polar surface area (TPSA) is 38.8 Å². The highest BCUT2D eigenvalue weighted by Crippen LogP contribution is 2.18. The zero-order chi connectivity index (χ0) is 18.2. The first-order valence-electron chi connectivity index (χ1n) is 7.64. The van der Waals surface area contributed by atoms with Crippen molar-refractivity contribution >= 4 is 27.9 Å². The van der Waals surface area contributed by atoms with Gasteiger partial charge < -0.3 is 14.4 Å². The third-order valence-corrected chi connectivity index (χ3v) is 3.99. The van der Waals surface area contributed by atoms with Crippen molar-refractivity contribution in [3.8, 4) is 11.5 Å². The molecule has 0 radical (unpaired) electrons. The quantitative estimate of drug-likeness (QED) is 0.647. The number of carbonyl (C=O) groups excluding carboxylic acids is 1. The van der Waals surface area contributed by atoms with Crippen LogP contribution in [0, 0.1) is 5.82 Å². The third kappa shape index (κ3) is 5.90. The zero-order valence-corrected chi connectivity index (χ0v) is 15.6. The minimum absolute atomic E-state index is 0.224. The molecule has 0 aliphatic heterocycles. The number of hydrogen-bond acceptors (Lipinski definition) is 3. The zero-order valence-electron chi connectivity index (χ0n) is 14.0. The molecule has 0 aromatic heterocycles. The summed E-state index contributed by atoms with van der Waals surface area (Å²) in [4.78, 5) is 13.6. The number of carbonyl (C=O) groups is 1. The fourth-order valence-electron chi connectivity index (χ4n) is 2.01. The monoisotopic (exact) mass is 407 g/mol. The first-order valence-corrected chi connectivity index (χ1v) is 8.44. The highest BCUT2D eigenvalue weighted by atomic mass is 79.9. The Morgan fingerprint density at radius 1 is 1.20 bits per heavy atom. The van der Waals surface area contributed by atoms with Crippen molar-refractivity contribution in [3.63, 3.8) is 0 Å². The number of hydrogen-bond donors (Lipinski definition) is 0. The van der Waals surface area contributed by atoms with E-state index in [9.17, 15) is 9.18 Å². The average molecular weight is 408 g/mol. The van der Waals surface area contributed by atoms with Gasteiger partial charge in [0.05, 0.1) is 13.7 Å². The van der Waals surface area contributed by atoms with Crippen molar-refractivity contribution in [1.82, 2.24) is 4.90 Å². The first-order chi connectivity index (χ1) is 12.0. The van der Waals surface area contributed by atoms with Gasteiger partial charge in [-0.05, 0) is 48.5 Å². The van der Waals surface area contributed by atoms with E-state index in [1.807, 2.05) is 0 Å². The normalized spacial score (nSPS) is 10.7. The lowest BCUT2D eigenvalue weighted by Gasteiger charge is -2.15. The van der Waals surface area contributed by atoms with Gasteiger partial charge in [-0.1, -0.05) is 15.9 Å². The molecule has 132 valence electrons. The number of amides is 1. The van der Waals surface area contributed by atoms with Gasteiger partial charge in [-0.3, -0.25) is 4.79 Å². The van der Waals surface area contributed by atoms with Crippen molar-refractivity contribution in [2.75, 3.05) is 27.3 Å². The molecule has 1 amide bonds. The van der Waals surface area contributed by atoms with E-state index in [0.29, 0.717) is 24.5 Å². The van der Waals surface area contributed by atoms with Crippen LogP contribution >= 0.6 is 15.9 Å². The number of nitrogens with zero attached hydrogens (tertiary/aromatic N) is 1. The second-order valence-electron chi connectivity index (χ2n) is 5.28. The van der Waals surface area contributed by atoms with Crippen molar-refractivity contribution in [3.05, 3.63) is 64.4 Å². The van der Waals surface area contributed by atoms with E-state index in [2.05, 4.69) is 15.9 Å². The van der Waals surface area contributed by atoms with E-state index in [4.69, 9.17) is 9.47 Å². The SMILES string of the molecule is COc1ccc(OCCN(C)C(=O)/C=C/c2cc(Br)ccc2F)cc1. The molecule has 0 fully saturated rings. The van der Waals surface area contributed by atoms with Gasteiger partial charge in [-0.15, -0.1) is 0 Å². The van der Waals surface area contributed by atoms with E-state index >= 15 is 0 Å². The standard InChI is InChI=1S/C19H19BrFNO3/c1-22(11-12-25-17-7-5-16(24-2)6-8-17)19(23)10-3-14-13-15(20)4-9-18(14)21/h3-10,13H,11-12H2,1-2H3/b10-3+.